The standard InChI is InChI=1S/C19H22N2O5/c1-3-25-17-9-8-14(12-18(17)26-4-2)10-11-20-19(22)15-6-5-7-16(13-15)21(23)24/h5-9,12-13H,3-4,10-11H2,1-2H3,(H,20,22). The van der Waals surface area contributed by atoms with E-state index in [1.54, 1.807) is 6.07 Å². The largest absolute Gasteiger partial charge is 0.490 e. The number of nitrogens with one attached hydrogen (secondary N) is 1. The van der Waals surface area contributed by atoms with E-state index in [2.05, 4.69) is 5.32 Å². The van der Waals surface area contributed by atoms with Crippen molar-refractivity contribution in [3.63, 3.8) is 0 Å². The van der Waals surface area contributed by atoms with Gasteiger partial charge in [0.15, 0.2) is 11.5 Å². The van der Waals surface area contributed by atoms with Crippen LogP contribution >= 0.6 is 0 Å². The van der Waals surface area contributed by atoms with E-state index in [4.69, 9.17) is 9.47 Å². The summed E-state index contributed by atoms with van der Waals surface area (Å²) in [6, 6.07) is 11.3. The van der Waals surface area contributed by atoms with Crippen LogP contribution in [0.25, 0.3) is 0 Å². The normalized spacial score (nSPS) is 10.2. The van der Waals surface area contributed by atoms with Gasteiger partial charge < -0.3 is 14.8 Å². The van der Waals surface area contributed by atoms with Gasteiger partial charge in [-0.1, -0.05) is 12.1 Å². The molecule has 7 heteroatoms. The molecule has 0 unspecified atom stereocenters. The van der Waals surface area contributed by atoms with Gasteiger partial charge in [0, 0.05) is 24.2 Å². The van der Waals surface area contributed by atoms with Gasteiger partial charge in [-0.15, -0.1) is 0 Å². The lowest BCUT2D eigenvalue weighted by molar-refractivity contribution is -0.384. The third-order valence-electron chi connectivity index (χ3n) is 3.63. The van der Waals surface area contributed by atoms with Gasteiger partial charge in [-0.3, -0.25) is 14.9 Å². The predicted molar refractivity (Wildman–Crippen MR) is 97.9 cm³/mol. The zero-order valence-electron chi connectivity index (χ0n) is 14.9. The lowest BCUT2D eigenvalue weighted by Crippen LogP contribution is -2.25. The number of amides is 1. The van der Waals surface area contributed by atoms with Gasteiger partial charge in [-0.2, -0.15) is 0 Å². The van der Waals surface area contributed by atoms with Crippen LogP contribution in [0.15, 0.2) is 42.5 Å². The van der Waals surface area contributed by atoms with Crippen molar-refractivity contribution < 1.29 is 19.2 Å². The van der Waals surface area contributed by atoms with Crippen LogP contribution in [0.4, 0.5) is 5.69 Å². The molecule has 26 heavy (non-hydrogen) atoms. The van der Waals surface area contributed by atoms with Crippen molar-refractivity contribution in [2.45, 2.75) is 20.3 Å². The Morgan fingerprint density at radius 2 is 1.81 bits per heavy atom. The second kappa shape index (κ2) is 9.41. The van der Waals surface area contributed by atoms with Crippen LogP contribution in [-0.2, 0) is 6.42 Å². The van der Waals surface area contributed by atoms with Crippen molar-refractivity contribution in [2.24, 2.45) is 0 Å². The molecule has 1 N–H and O–H groups in total. The zero-order chi connectivity index (χ0) is 18.9. The molecule has 0 aliphatic rings. The lowest BCUT2D eigenvalue weighted by Gasteiger charge is -2.12. The van der Waals surface area contributed by atoms with E-state index in [1.807, 2.05) is 32.0 Å². The molecule has 138 valence electrons. The summed E-state index contributed by atoms with van der Waals surface area (Å²) in [4.78, 5) is 22.4. The van der Waals surface area contributed by atoms with Crippen molar-refractivity contribution in [1.82, 2.24) is 5.32 Å². The maximum atomic E-state index is 12.1. The van der Waals surface area contributed by atoms with Gasteiger partial charge in [0.1, 0.15) is 0 Å². The average Bonchev–Trinajstić information content (AvgIpc) is 2.64. The van der Waals surface area contributed by atoms with Gasteiger partial charge in [-0.25, -0.2) is 0 Å². The van der Waals surface area contributed by atoms with Crippen LogP contribution < -0.4 is 14.8 Å². The molecule has 1 amide bonds. The Morgan fingerprint density at radius 3 is 2.50 bits per heavy atom. The molecule has 0 saturated heterocycles. The van der Waals surface area contributed by atoms with E-state index in [0.717, 1.165) is 5.56 Å². The van der Waals surface area contributed by atoms with Crippen LogP contribution in [0, 0.1) is 10.1 Å². The second-order valence-corrected chi connectivity index (χ2v) is 5.46. The molecular weight excluding hydrogens is 336 g/mol. The SMILES string of the molecule is CCOc1ccc(CCNC(=O)c2cccc([N+](=O)[O-])c2)cc1OCC. The summed E-state index contributed by atoms with van der Waals surface area (Å²) in [6.07, 6.45) is 0.604. The molecule has 2 rings (SSSR count). The highest BCUT2D eigenvalue weighted by Gasteiger charge is 2.11. The zero-order valence-corrected chi connectivity index (χ0v) is 14.9. The van der Waals surface area contributed by atoms with Crippen molar-refractivity contribution in [2.75, 3.05) is 19.8 Å². The molecule has 0 spiro atoms. The van der Waals surface area contributed by atoms with Crippen molar-refractivity contribution >= 4 is 11.6 Å². The Hall–Kier alpha value is -3.09. The fourth-order valence-corrected chi connectivity index (χ4v) is 2.43. The number of nitro groups is 1. The molecule has 0 atom stereocenters. The fourth-order valence-electron chi connectivity index (χ4n) is 2.43. The van der Waals surface area contributed by atoms with Crippen LogP contribution in [0.5, 0.6) is 11.5 Å². The first-order valence-corrected chi connectivity index (χ1v) is 8.46. The second-order valence-electron chi connectivity index (χ2n) is 5.46. The number of carbonyl (C=O) groups excluding carboxylic acids is 1. The summed E-state index contributed by atoms with van der Waals surface area (Å²) in [6.45, 7) is 5.31. The van der Waals surface area contributed by atoms with E-state index in [-0.39, 0.29) is 17.2 Å². The highest BCUT2D eigenvalue weighted by molar-refractivity contribution is 5.94. The fraction of sp³-hybridized carbons (Fsp3) is 0.316. The number of hydrogen-bond acceptors (Lipinski definition) is 5. The number of nitro benzene ring substituents is 1. The van der Waals surface area contributed by atoms with E-state index in [1.165, 1.54) is 18.2 Å². The summed E-state index contributed by atoms with van der Waals surface area (Å²) in [5, 5.41) is 13.6. The molecule has 0 aliphatic heterocycles. The Bertz CT molecular complexity index is 776. The molecule has 0 aromatic heterocycles. The number of rotatable bonds is 9. The van der Waals surface area contributed by atoms with Crippen LogP contribution in [0.3, 0.4) is 0 Å². The maximum absolute atomic E-state index is 12.1. The molecule has 0 fully saturated rings. The van der Waals surface area contributed by atoms with Crippen LogP contribution in [0.1, 0.15) is 29.8 Å². The third-order valence-corrected chi connectivity index (χ3v) is 3.63. The Kier molecular flexibility index (Phi) is 6.96. The smallest absolute Gasteiger partial charge is 0.270 e. The number of carbonyl (C=O) groups is 1. The summed E-state index contributed by atoms with van der Waals surface area (Å²) in [5.41, 5.74) is 1.16. The minimum atomic E-state index is -0.522. The number of non-ortho nitro benzene ring substituents is 1. The minimum absolute atomic E-state index is 0.106. The molecule has 0 bridgehead atoms. The van der Waals surface area contributed by atoms with Crippen molar-refractivity contribution in [3.8, 4) is 11.5 Å². The number of benzene rings is 2. The van der Waals surface area contributed by atoms with Crippen LogP contribution in [0.2, 0.25) is 0 Å². The van der Waals surface area contributed by atoms with Gasteiger partial charge in [-0.05, 0) is 44.0 Å². The molecule has 0 heterocycles. The highest BCUT2D eigenvalue weighted by Crippen LogP contribution is 2.28. The lowest BCUT2D eigenvalue weighted by atomic mass is 10.1. The number of ether oxygens (including phenoxy) is 2. The van der Waals surface area contributed by atoms with E-state index in [9.17, 15) is 14.9 Å². The van der Waals surface area contributed by atoms with E-state index in [0.29, 0.717) is 37.7 Å². The first kappa shape index (κ1) is 19.2. The molecule has 0 saturated carbocycles. The van der Waals surface area contributed by atoms with Crippen LogP contribution in [-0.4, -0.2) is 30.6 Å². The highest BCUT2D eigenvalue weighted by atomic mass is 16.6. The average molecular weight is 358 g/mol. The summed E-state index contributed by atoms with van der Waals surface area (Å²) < 4.78 is 11.1. The topological polar surface area (TPSA) is 90.7 Å². The maximum Gasteiger partial charge on any atom is 0.270 e. The molecule has 2 aromatic rings. The Morgan fingerprint density at radius 1 is 1.08 bits per heavy atom. The molecule has 0 aliphatic carbocycles. The minimum Gasteiger partial charge on any atom is -0.490 e. The van der Waals surface area contributed by atoms with Gasteiger partial charge in [0.25, 0.3) is 11.6 Å². The van der Waals surface area contributed by atoms with Crippen molar-refractivity contribution in [1.29, 1.82) is 0 Å². The molecule has 7 nitrogen and oxygen atoms in total. The Labute approximate surface area is 152 Å². The molecule has 0 radical (unpaired) electrons. The predicted octanol–water partition coefficient (Wildman–Crippen LogP) is 3.36. The monoisotopic (exact) mass is 358 g/mol. The number of hydrogen-bond donors (Lipinski definition) is 1. The summed E-state index contributed by atoms with van der Waals surface area (Å²) in [5.74, 6) is 1.03. The molecular formula is C19H22N2O5. The van der Waals surface area contributed by atoms with Crippen molar-refractivity contribution in [3.05, 3.63) is 63.7 Å². The first-order valence-electron chi connectivity index (χ1n) is 8.46. The van der Waals surface area contributed by atoms with Gasteiger partial charge >= 0.3 is 0 Å². The Balaban J connectivity index is 1.96. The van der Waals surface area contributed by atoms with E-state index < -0.39 is 4.92 Å². The summed E-state index contributed by atoms with van der Waals surface area (Å²) in [7, 11) is 0. The van der Waals surface area contributed by atoms with Gasteiger partial charge in [0.05, 0.1) is 18.1 Å². The number of nitrogens with zero attached hydrogens (tertiary/aromatic N) is 1. The van der Waals surface area contributed by atoms with E-state index >= 15 is 0 Å². The quantitative estimate of drug-likeness (QED) is 0.548. The molecule has 2 aromatic carbocycles. The first-order chi connectivity index (χ1) is 12.5. The third kappa shape index (κ3) is 5.20. The van der Waals surface area contributed by atoms with Gasteiger partial charge in [0.2, 0.25) is 0 Å². The summed E-state index contributed by atoms with van der Waals surface area (Å²) >= 11 is 0.